The smallest absolute Gasteiger partial charge is 0.0179 e. The van der Waals surface area contributed by atoms with Crippen LogP contribution in [-0.2, 0) is 0 Å². The Morgan fingerprint density at radius 1 is 0.692 bits per heavy atom. The van der Waals surface area contributed by atoms with E-state index in [1.807, 2.05) is 0 Å². The Hall–Kier alpha value is -1.30. The van der Waals surface area contributed by atoms with Gasteiger partial charge in [-0.3, -0.25) is 0 Å². The summed E-state index contributed by atoms with van der Waals surface area (Å²) in [4.78, 5) is 0. The van der Waals surface area contributed by atoms with Crippen molar-refractivity contribution in [2.45, 2.75) is 20.8 Å². The Labute approximate surface area is 79.2 Å². The maximum absolute atomic E-state index is 2.26. The topological polar surface area (TPSA) is 0 Å². The first-order valence-corrected chi connectivity index (χ1v) is 4.64. The average Bonchev–Trinajstić information content (AvgIpc) is 2.08. The summed E-state index contributed by atoms with van der Waals surface area (Å²) in [7, 11) is 0. The number of rotatable bonds is 0. The summed E-state index contributed by atoms with van der Waals surface area (Å²) in [5.74, 6) is 0. The fourth-order valence-corrected chi connectivity index (χ4v) is 1.64. The summed E-state index contributed by atoms with van der Waals surface area (Å²) in [5.41, 5.74) is 4.07. The third-order valence-electron chi connectivity index (χ3n) is 2.61. The van der Waals surface area contributed by atoms with E-state index in [0.717, 1.165) is 0 Å². The van der Waals surface area contributed by atoms with Crippen molar-refractivity contribution in [3.05, 3.63) is 47.0 Å². The molecule has 0 unspecified atom stereocenters. The standard InChI is InChI=1S/C13H14/c1-9-4-5-12-7-10(2)11(3)8-13(12)6-9/h4-8H,1-3H3. The van der Waals surface area contributed by atoms with Gasteiger partial charge in [-0.05, 0) is 42.7 Å². The first-order chi connectivity index (χ1) is 6.16. The van der Waals surface area contributed by atoms with E-state index >= 15 is 0 Å². The van der Waals surface area contributed by atoms with Crippen LogP contribution in [0.4, 0.5) is 0 Å². The van der Waals surface area contributed by atoms with Crippen molar-refractivity contribution in [3.8, 4) is 0 Å². The van der Waals surface area contributed by atoms with E-state index in [-0.39, 0.29) is 0 Å². The molecule has 0 aromatic heterocycles. The van der Waals surface area contributed by atoms with Gasteiger partial charge in [-0.25, -0.2) is 0 Å². The normalized spacial score (nSPS) is 10.7. The largest absolute Gasteiger partial charge is 0.0587 e. The third-order valence-corrected chi connectivity index (χ3v) is 2.61. The zero-order valence-corrected chi connectivity index (χ0v) is 8.39. The molecule has 2 aromatic rings. The molecule has 0 heterocycles. The molecule has 66 valence electrons. The Balaban J connectivity index is 2.81. The van der Waals surface area contributed by atoms with E-state index in [2.05, 4.69) is 51.1 Å². The molecule has 0 spiro atoms. The molecule has 0 aliphatic rings. The van der Waals surface area contributed by atoms with Crippen LogP contribution >= 0.6 is 0 Å². The number of hydrogen-bond donors (Lipinski definition) is 0. The van der Waals surface area contributed by atoms with E-state index in [4.69, 9.17) is 0 Å². The van der Waals surface area contributed by atoms with Gasteiger partial charge in [0.2, 0.25) is 0 Å². The van der Waals surface area contributed by atoms with Gasteiger partial charge in [-0.15, -0.1) is 0 Å². The molecule has 2 aromatic carbocycles. The SMILES string of the molecule is Cc1ccc2cc(C)c(C)cc2c1. The summed E-state index contributed by atoms with van der Waals surface area (Å²) in [6.45, 7) is 6.46. The van der Waals surface area contributed by atoms with Crippen LogP contribution in [0, 0.1) is 20.8 Å². The molecule has 0 aliphatic carbocycles. The van der Waals surface area contributed by atoms with Crippen LogP contribution in [0.15, 0.2) is 30.3 Å². The summed E-state index contributed by atoms with van der Waals surface area (Å²) < 4.78 is 0. The lowest BCUT2D eigenvalue weighted by molar-refractivity contribution is 1.36. The zero-order chi connectivity index (χ0) is 9.42. The lowest BCUT2D eigenvalue weighted by Gasteiger charge is -2.04. The average molecular weight is 170 g/mol. The van der Waals surface area contributed by atoms with Crippen LogP contribution in [0.2, 0.25) is 0 Å². The van der Waals surface area contributed by atoms with E-state index in [9.17, 15) is 0 Å². The minimum atomic E-state index is 1.33. The zero-order valence-electron chi connectivity index (χ0n) is 8.39. The van der Waals surface area contributed by atoms with Crippen LogP contribution in [0.25, 0.3) is 10.8 Å². The summed E-state index contributed by atoms with van der Waals surface area (Å²) in [6, 6.07) is 11.1. The molecule has 0 amide bonds. The maximum Gasteiger partial charge on any atom is -0.0179 e. The highest BCUT2D eigenvalue weighted by atomic mass is 14.0. The first kappa shape index (κ1) is 8.31. The van der Waals surface area contributed by atoms with E-state index in [1.54, 1.807) is 0 Å². The van der Waals surface area contributed by atoms with Crippen molar-refractivity contribution >= 4 is 10.8 Å². The third kappa shape index (κ3) is 1.44. The number of fused-ring (bicyclic) bond motifs is 1. The minimum absolute atomic E-state index is 1.33. The highest BCUT2D eigenvalue weighted by Gasteiger charge is 1.97. The van der Waals surface area contributed by atoms with E-state index < -0.39 is 0 Å². The second-order valence-corrected chi connectivity index (χ2v) is 3.79. The van der Waals surface area contributed by atoms with Crippen molar-refractivity contribution in [1.29, 1.82) is 0 Å². The van der Waals surface area contributed by atoms with Crippen LogP contribution in [0.3, 0.4) is 0 Å². The molecule has 13 heavy (non-hydrogen) atoms. The molecule has 0 atom stereocenters. The maximum atomic E-state index is 2.26. The molecule has 0 N–H and O–H groups in total. The van der Waals surface area contributed by atoms with Gasteiger partial charge in [0, 0.05) is 0 Å². The van der Waals surface area contributed by atoms with Crippen molar-refractivity contribution in [2.75, 3.05) is 0 Å². The molecular formula is C13H14. The molecular weight excluding hydrogens is 156 g/mol. The quantitative estimate of drug-likeness (QED) is 0.564. The van der Waals surface area contributed by atoms with Crippen molar-refractivity contribution in [3.63, 3.8) is 0 Å². The molecule has 0 radical (unpaired) electrons. The number of aryl methyl sites for hydroxylation is 3. The molecule has 2 rings (SSSR count). The molecule has 0 nitrogen and oxygen atoms in total. The number of hydrogen-bond acceptors (Lipinski definition) is 0. The predicted octanol–water partition coefficient (Wildman–Crippen LogP) is 3.77. The van der Waals surface area contributed by atoms with Crippen molar-refractivity contribution < 1.29 is 0 Å². The molecule has 0 heteroatoms. The van der Waals surface area contributed by atoms with Crippen LogP contribution in [0.5, 0.6) is 0 Å². The van der Waals surface area contributed by atoms with Gasteiger partial charge in [-0.1, -0.05) is 35.9 Å². The number of benzene rings is 2. The predicted molar refractivity (Wildman–Crippen MR) is 58.2 cm³/mol. The fourth-order valence-electron chi connectivity index (χ4n) is 1.64. The minimum Gasteiger partial charge on any atom is -0.0587 e. The van der Waals surface area contributed by atoms with Gasteiger partial charge in [0.1, 0.15) is 0 Å². The molecule has 0 bridgehead atoms. The Morgan fingerprint density at radius 2 is 1.31 bits per heavy atom. The van der Waals surface area contributed by atoms with Gasteiger partial charge in [0.15, 0.2) is 0 Å². The Kier molecular flexibility index (Phi) is 1.84. The van der Waals surface area contributed by atoms with Crippen LogP contribution < -0.4 is 0 Å². The highest BCUT2D eigenvalue weighted by molar-refractivity contribution is 5.84. The van der Waals surface area contributed by atoms with Crippen LogP contribution in [0.1, 0.15) is 16.7 Å². The van der Waals surface area contributed by atoms with Crippen molar-refractivity contribution in [2.24, 2.45) is 0 Å². The first-order valence-electron chi connectivity index (χ1n) is 4.64. The van der Waals surface area contributed by atoms with Gasteiger partial charge in [-0.2, -0.15) is 0 Å². The monoisotopic (exact) mass is 170 g/mol. The Bertz CT molecular complexity index is 453. The summed E-state index contributed by atoms with van der Waals surface area (Å²) in [6.07, 6.45) is 0. The molecule has 0 aliphatic heterocycles. The fraction of sp³-hybridized carbons (Fsp3) is 0.231. The van der Waals surface area contributed by atoms with E-state index in [0.29, 0.717) is 0 Å². The lowest BCUT2D eigenvalue weighted by Crippen LogP contribution is -1.82. The van der Waals surface area contributed by atoms with E-state index in [1.165, 1.54) is 27.5 Å². The second kappa shape index (κ2) is 2.88. The van der Waals surface area contributed by atoms with Gasteiger partial charge >= 0.3 is 0 Å². The van der Waals surface area contributed by atoms with Crippen LogP contribution in [-0.4, -0.2) is 0 Å². The lowest BCUT2D eigenvalue weighted by atomic mass is 10.0. The molecule has 0 fully saturated rings. The molecule has 0 saturated carbocycles. The summed E-state index contributed by atoms with van der Waals surface area (Å²) in [5, 5.41) is 2.69. The summed E-state index contributed by atoms with van der Waals surface area (Å²) >= 11 is 0. The second-order valence-electron chi connectivity index (χ2n) is 3.79. The van der Waals surface area contributed by atoms with Gasteiger partial charge in [0.25, 0.3) is 0 Å². The molecule has 0 saturated heterocycles. The van der Waals surface area contributed by atoms with Gasteiger partial charge in [0.05, 0.1) is 0 Å². The van der Waals surface area contributed by atoms with Gasteiger partial charge < -0.3 is 0 Å². The van der Waals surface area contributed by atoms with Crippen molar-refractivity contribution in [1.82, 2.24) is 0 Å². The Morgan fingerprint density at radius 3 is 2.00 bits per heavy atom. The highest BCUT2D eigenvalue weighted by Crippen LogP contribution is 2.20.